The molecule has 21 heavy (non-hydrogen) atoms. The fourth-order valence-corrected chi connectivity index (χ4v) is 4.49. The first-order valence-corrected chi connectivity index (χ1v) is 9.37. The summed E-state index contributed by atoms with van der Waals surface area (Å²) in [5, 5.41) is 4.86. The summed E-state index contributed by atoms with van der Waals surface area (Å²) in [4.78, 5) is 4.95. The van der Waals surface area contributed by atoms with Crippen molar-refractivity contribution in [1.29, 1.82) is 0 Å². The Balaban J connectivity index is 2.27. The maximum absolute atomic E-state index is 12.6. The van der Waals surface area contributed by atoms with Crippen molar-refractivity contribution in [1.82, 2.24) is 14.1 Å². The van der Waals surface area contributed by atoms with Gasteiger partial charge in [0.05, 0.1) is 0 Å². The molecule has 0 radical (unpaired) electrons. The first kappa shape index (κ1) is 16.3. The van der Waals surface area contributed by atoms with Gasteiger partial charge in [0.2, 0.25) is 0 Å². The highest BCUT2D eigenvalue weighted by Gasteiger charge is 2.26. The highest BCUT2D eigenvalue weighted by molar-refractivity contribution is 7.89. The van der Waals surface area contributed by atoms with Gasteiger partial charge in [-0.15, -0.1) is 11.3 Å². The van der Waals surface area contributed by atoms with E-state index in [4.69, 9.17) is 0 Å². The van der Waals surface area contributed by atoms with Gasteiger partial charge in [-0.2, -0.15) is 0 Å². The van der Waals surface area contributed by atoms with Crippen molar-refractivity contribution < 1.29 is 8.42 Å². The zero-order chi connectivity index (χ0) is 15.6. The van der Waals surface area contributed by atoms with Crippen LogP contribution in [0.1, 0.15) is 33.6 Å². The SMILES string of the molecule is CNc1nc2sccn2c1S(=O)(=O)NC(C)CCC(C)C. The zero-order valence-electron chi connectivity index (χ0n) is 12.8. The van der Waals surface area contributed by atoms with Crippen molar-refractivity contribution in [2.75, 3.05) is 12.4 Å². The van der Waals surface area contributed by atoms with Crippen LogP contribution in [0.3, 0.4) is 0 Å². The number of sulfonamides is 1. The molecule has 0 fully saturated rings. The summed E-state index contributed by atoms with van der Waals surface area (Å²) in [6, 6.07) is -0.105. The summed E-state index contributed by atoms with van der Waals surface area (Å²) in [7, 11) is -1.93. The van der Waals surface area contributed by atoms with E-state index in [0.29, 0.717) is 16.7 Å². The van der Waals surface area contributed by atoms with Crippen LogP contribution in [0.5, 0.6) is 0 Å². The summed E-state index contributed by atoms with van der Waals surface area (Å²) in [5.41, 5.74) is 0. The minimum absolute atomic E-state index is 0.105. The number of rotatable bonds is 7. The largest absolute Gasteiger partial charge is 0.371 e. The van der Waals surface area contributed by atoms with Crippen LogP contribution in [0.4, 0.5) is 5.82 Å². The fraction of sp³-hybridized carbons (Fsp3) is 0.615. The Kier molecular flexibility index (Phi) is 4.90. The molecule has 0 spiro atoms. The molecule has 0 aliphatic carbocycles. The molecular weight excluding hydrogens is 308 g/mol. The van der Waals surface area contributed by atoms with Crippen LogP contribution in [0.15, 0.2) is 16.6 Å². The highest BCUT2D eigenvalue weighted by Crippen LogP contribution is 2.25. The monoisotopic (exact) mass is 330 g/mol. The minimum atomic E-state index is -3.61. The van der Waals surface area contributed by atoms with Crippen molar-refractivity contribution in [2.45, 2.75) is 44.7 Å². The Morgan fingerprint density at radius 1 is 1.33 bits per heavy atom. The Labute approximate surface area is 129 Å². The normalized spacial score (nSPS) is 14.0. The van der Waals surface area contributed by atoms with E-state index in [0.717, 1.165) is 12.8 Å². The molecule has 2 heterocycles. The van der Waals surface area contributed by atoms with Crippen molar-refractivity contribution in [3.05, 3.63) is 11.6 Å². The van der Waals surface area contributed by atoms with Crippen LogP contribution in [0.2, 0.25) is 0 Å². The average molecular weight is 330 g/mol. The van der Waals surface area contributed by atoms with Crippen LogP contribution in [0, 0.1) is 5.92 Å². The smallest absolute Gasteiger partial charge is 0.260 e. The maximum atomic E-state index is 12.6. The number of imidazole rings is 1. The molecule has 2 aromatic rings. The second-order valence-electron chi connectivity index (χ2n) is 5.56. The van der Waals surface area contributed by atoms with Crippen LogP contribution in [-0.4, -0.2) is 30.9 Å². The molecule has 0 saturated heterocycles. The molecule has 118 valence electrons. The minimum Gasteiger partial charge on any atom is -0.371 e. The molecular formula is C13H22N4O2S2. The third-order valence-electron chi connectivity index (χ3n) is 3.24. The number of aromatic nitrogens is 2. The lowest BCUT2D eigenvalue weighted by atomic mass is 10.1. The third-order valence-corrected chi connectivity index (χ3v) is 5.61. The predicted octanol–water partition coefficient (Wildman–Crippen LogP) is 2.54. The average Bonchev–Trinajstić information content (AvgIpc) is 2.94. The van der Waals surface area contributed by atoms with Crippen molar-refractivity contribution >= 4 is 32.1 Å². The number of hydrogen-bond acceptors (Lipinski definition) is 5. The van der Waals surface area contributed by atoms with Crippen molar-refractivity contribution in [2.24, 2.45) is 5.92 Å². The van der Waals surface area contributed by atoms with Gasteiger partial charge >= 0.3 is 0 Å². The summed E-state index contributed by atoms with van der Waals surface area (Å²) >= 11 is 1.41. The second-order valence-corrected chi connectivity index (χ2v) is 8.07. The van der Waals surface area contributed by atoms with E-state index < -0.39 is 10.0 Å². The van der Waals surface area contributed by atoms with Crippen LogP contribution < -0.4 is 10.0 Å². The first-order valence-electron chi connectivity index (χ1n) is 7.00. The standard InChI is InChI=1S/C13H22N4O2S2/c1-9(2)5-6-10(3)16-21(18,19)12-11(14-4)15-13-17(12)7-8-20-13/h7-10,14,16H,5-6H2,1-4H3. The Morgan fingerprint density at radius 2 is 2.05 bits per heavy atom. The molecule has 2 N–H and O–H groups in total. The van der Waals surface area contributed by atoms with Gasteiger partial charge in [-0.1, -0.05) is 13.8 Å². The number of nitrogens with one attached hydrogen (secondary N) is 2. The number of anilines is 1. The predicted molar refractivity (Wildman–Crippen MR) is 86.5 cm³/mol. The van der Waals surface area contributed by atoms with E-state index in [1.54, 1.807) is 17.6 Å². The molecule has 2 rings (SSSR count). The van der Waals surface area contributed by atoms with Gasteiger partial charge in [0.25, 0.3) is 10.0 Å². The van der Waals surface area contributed by atoms with E-state index in [-0.39, 0.29) is 11.1 Å². The Bertz CT molecular complexity index is 703. The van der Waals surface area contributed by atoms with Crippen LogP contribution >= 0.6 is 11.3 Å². The molecule has 0 aliphatic rings. The molecule has 1 unspecified atom stereocenters. The van der Waals surface area contributed by atoms with Gasteiger partial charge in [0, 0.05) is 24.7 Å². The van der Waals surface area contributed by atoms with E-state index in [2.05, 4.69) is 28.9 Å². The van der Waals surface area contributed by atoms with Crippen LogP contribution in [0.25, 0.3) is 4.96 Å². The van der Waals surface area contributed by atoms with Gasteiger partial charge in [-0.3, -0.25) is 4.40 Å². The number of thiazole rings is 1. The molecule has 0 saturated carbocycles. The molecule has 8 heteroatoms. The maximum Gasteiger partial charge on any atom is 0.260 e. The van der Waals surface area contributed by atoms with Gasteiger partial charge in [0.15, 0.2) is 15.8 Å². The highest BCUT2D eigenvalue weighted by atomic mass is 32.2. The summed E-state index contributed by atoms with van der Waals surface area (Å²) in [6.07, 6.45) is 3.53. The first-order chi connectivity index (χ1) is 9.85. The number of nitrogens with zero attached hydrogens (tertiary/aromatic N) is 2. The quantitative estimate of drug-likeness (QED) is 0.818. The van der Waals surface area contributed by atoms with E-state index >= 15 is 0 Å². The van der Waals surface area contributed by atoms with Gasteiger partial charge < -0.3 is 5.32 Å². The summed E-state index contributed by atoms with van der Waals surface area (Å²) < 4.78 is 29.6. The van der Waals surface area contributed by atoms with Crippen molar-refractivity contribution in [3.8, 4) is 0 Å². The molecule has 0 amide bonds. The number of fused-ring (bicyclic) bond motifs is 1. The third kappa shape index (κ3) is 3.56. The van der Waals surface area contributed by atoms with Crippen LogP contribution in [-0.2, 0) is 10.0 Å². The summed E-state index contributed by atoms with van der Waals surface area (Å²) in [6.45, 7) is 6.16. The van der Waals surface area contributed by atoms with E-state index in [1.165, 1.54) is 11.3 Å². The molecule has 1 atom stereocenters. The van der Waals surface area contributed by atoms with E-state index in [1.807, 2.05) is 12.3 Å². The lowest BCUT2D eigenvalue weighted by Crippen LogP contribution is -2.33. The van der Waals surface area contributed by atoms with Gasteiger partial charge in [-0.05, 0) is 25.7 Å². The van der Waals surface area contributed by atoms with Gasteiger partial charge in [0.1, 0.15) is 0 Å². The van der Waals surface area contributed by atoms with Gasteiger partial charge in [-0.25, -0.2) is 18.1 Å². The lowest BCUT2D eigenvalue weighted by Gasteiger charge is -2.15. The molecule has 6 nitrogen and oxygen atoms in total. The molecule has 0 bridgehead atoms. The molecule has 0 aromatic carbocycles. The summed E-state index contributed by atoms with van der Waals surface area (Å²) in [5.74, 6) is 0.939. The topological polar surface area (TPSA) is 75.5 Å². The number of hydrogen-bond donors (Lipinski definition) is 2. The Hall–Kier alpha value is -1.12. The van der Waals surface area contributed by atoms with Crippen molar-refractivity contribution in [3.63, 3.8) is 0 Å². The van der Waals surface area contributed by atoms with E-state index in [9.17, 15) is 8.42 Å². The Morgan fingerprint density at radius 3 is 2.67 bits per heavy atom. The molecule has 0 aliphatic heterocycles. The fourth-order valence-electron chi connectivity index (χ4n) is 2.15. The lowest BCUT2D eigenvalue weighted by molar-refractivity contribution is 0.484. The zero-order valence-corrected chi connectivity index (χ0v) is 14.4. The second kappa shape index (κ2) is 6.33. The molecule has 2 aromatic heterocycles.